The zero-order valence-corrected chi connectivity index (χ0v) is 16.0. The maximum absolute atomic E-state index is 12.8. The first-order valence-electron chi connectivity index (χ1n) is 8.69. The van der Waals surface area contributed by atoms with Crippen LogP contribution in [0.5, 0.6) is 0 Å². The van der Waals surface area contributed by atoms with Gasteiger partial charge in [0, 0.05) is 30.9 Å². The van der Waals surface area contributed by atoms with Gasteiger partial charge in [-0.15, -0.1) is 0 Å². The smallest absolute Gasteiger partial charge is 0.259 e. The molecule has 0 amide bonds. The van der Waals surface area contributed by atoms with E-state index in [2.05, 4.69) is 5.10 Å². The molecule has 2 aromatic heterocycles. The van der Waals surface area contributed by atoms with Gasteiger partial charge in [-0.25, -0.2) is 17.4 Å². The van der Waals surface area contributed by atoms with Gasteiger partial charge in [0.05, 0.1) is 18.5 Å². The van der Waals surface area contributed by atoms with Gasteiger partial charge in [-0.05, 0) is 31.2 Å². The molecule has 1 saturated heterocycles. The Kier molecular flexibility index (Phi) is 3.92. The van der Waals surface area contributed by atoms with Crippen LogP contribution in [0.4, 0.5) is 0 Å². The first-order chi connectivity index (χ1) is 12.3. The molecule has 0 radical (unpaired) electrons. The number of nitrogens with zero attached hydrogens (tertiary/aromatic N) is 4. The van der Waals surface area contributed by atoms with Crippen LogP contribution in [-0.2, 0) is 17.1 Å². The molecule has 26 heavy (non-hydrogen) atoms. The molecule has 138 valence electrons. The lowest BCUT2D eigenvalue weighted by Crippen LogP contribution is -2.38. The zero-order valence-electron chi connectivity index (χ0n) is 15.1. The molecule has 1 aliphatic heterocycles. The summed E-state index contributed by atoms with van der Waals surface area (Å²) in [6, 6.07) is 5.98. The van der Waals surface area contributed by atoms with Crippen molar-refractivity contribution in [2.24, 2.45) is 7.05 Å². The standard InChI is InChI=1S/C18H22N4O3S/c1-12-4-5-14-15(10-12)18(23)20(2)17-16(14)11-19-22(17)13-6-8-21(9-7-13)26(3,24)25/h4-5,10-11,13H,6-9H2,1-3H3. The molecule has 0 atom stereocenters. The molecule has 4 rings (SSSR count). The predicted molar refractivity (Wildman–Crippen MR) is 102 cm³/mol. The SMILES string of the molecule is Cc1ccc2c(c1)c(=O)n(C)c1c2cnn1C1CCN(S(C)(=O)=O)CC1. The number of aromatic nitrogens is 3. The molecule has 0 saturated carbocycles. The molecule has 0 aliphatic carbocycles. The molecule has 3 heterocycles. The highest BCUT2D eigenvalue weighted by atomic mass is 32.2. The van der Waals surface area contributed by atoms with E-state index in [1.165, 1.54) is 10.6 Å². The van der Waals surface area contributed by atoms with Crippen LogP contribution < -0.4 is 5.56 Å². The number of pyridine rings is 1. The molecule has 7 nitrogen and oxygen atoms in total. The molecule has 8 heteroatoms. The Hall–Kier alpha value is -2.19. The first kappa shape index (κ1) is 17.2. The summed E-state index contributed by atoms with van der Waals surface area (Å²) in [6.07, 6.45) is 4.43. The highest BCUT2D eigenvalue weighted by Gasteiger charge is 2.28. The maximum atomic E-state index is 12.8. The van der Waals surface area contributed by atoms with Gasteiger partial charge in [-0.3, -0.25) is 9.36 Å². The van der Waals surface area contributed by atoms with Crippen molar-refractivity contribution in [2.45, 2.75) is 25.8 Å². The third kappa shape index (κ3) is 2.64. The van der Waals surface area contributed by atoms with Crippen molar-refractivity contribution in [3.63, 3.8) is 0 Å². The Labute approximate surface area is 151 Å². The monoisotopic (exact) mass is 374 g/mol. The zero-order chi connectivity index (χ0) is 18.6. The molecule has 0 unspecified atom stereocenters. The van der Waals surface area contributed by atoms with Crippen LogP contribution in [0.25, 0.3) is 21.8 Å². The fourth-order valence-electron chi connectivity index (χ4n) is 3.91. The highest BCUT2D eigenvalue weighted by Crippen LogP contribution is 2.29. The molecule has 0 spiro atoms. The van der Waals surface area contributed by atoms with E-state index in [0.29, 0.717) is 31.3 Å². The molecular formula is C18H22N4O3S. The van der Waals surface area contributed by atoms with Crippen LogP contribution in [0.3, 0.4) is 0 Å². The van der Waals surface area contributed by atoms with Gasteiger partial charge in [0.2, 0.25) is 10.0 Å². The summed E-state index contributed by atoms with van der Waals surface area (Å²) in [5.74, 6) is 0. The van der Waals surface area contributed by atoms with Gasteiger partial charge in [0.25, 0.3) is 5.56 Å². The lowest BCUT2D eigenvalue weighted by molar-refractivity contribution is 0.265. The van der Waals surface area contributed by atoms with Crippen molar-refractivity contribution >= 4 is 31.8 Å². The minimum atomic E-state index is -3.16. The lowest BCUT2D eigenvalue weighted by atomic mass is 10.1. The number of rotatable bonds is 2. The Bertz CT molecular complexity index is 1170. The third-order valence-corrected chi connectivity index (χ3v) is 6.63. The fraction of sp³-hybridized carbons (Fsp3) is 0.444. The normalized spacial score (nSPS) is 17.3. The summed E-state index contributed by atoms with van der Waals surface area (Å²) >= 11 is 0. The summed E-state index contributed by atoms with van der Waals surface area (Å²) in [5, 5.41) is 7.13. The average molecular weight is 374 g/mol. The Balaban J connectivity index is 1.82. The summed E-state index contributed by atoms with van der Waals surface area (Å²) in [7, 11) is -1.39. The van der Waals surface area contributed by atoms with Crippen molar-refractivity contribution in [3.8, 4) is 0 Å². The van der Waals surface area contributed by atoms with Crippen molar-refractivity contribution in [1.82, 2.24) is 18.7 Å². The average Bonchev–Trinajstić information content (AvgIpc) is 3.04. The topological polar surface area (TPSA) is 77.2 Å². The summed E-state index contributed by atoms with van der Waals surface area (Å²) in [5.41, 5.74) is 1.81. The molecular weight excluding hydrogens is 352 g/mol. The van der Waals surface area contributed by atoms with E-state index in [1.807, 2.05) is 36.0 Å². The van der Waals surface area contributed by atoms with Crippen LogP contribution in [0.15, 0.2) is 29.2 Å². The van der Waals surface area contributed by atoms with E-state index in [0.717, 1.165) is 22.0 Å². The van der Waals surface area contributed by atoms with Crippen LogP contribution in [-0.4, -0.2) is 46.4 Å². The van der Waals surface area contributed by atoms with Crippen molar-refractivity contribution in [3.05, 3.63) is 40.3 Å². The Morgan fingerprint density at radius 2 is 1.81 bits per heavy atom. The summed E-state index contributed by atoms with van der Waals surface area (Å²) in [6.45, 7) is 2.93. The third-order valence-electron chi connectivity index (χ3n) is 5.33. The number of hydrogen-bond acceptors (Lipinski definition) is 4. The van der Waals surface area contributed by atoms with Gasteiger partial charge in [-0.2, -0.15) is 5.10 Å². The van der Waals surface area contributed by atoms with Crippen molar-refractivity contribution < 1.29 is 8.42 Å². The van der Waals surface area contributed by atoms with Gasteiger partial charge in [0.15, 0.2) is 0 Å². The lowest BCUT2D eigenvalue weighted by Gasteiger charge is -2.30. The van der Waals surface area contributed by atoms with Crippen LogP contribution in [0.1, 0.15) is 24.4 Å². The van der Waals surface area contributed by atoms with E-state index in [4.69, 9.17) is 0 Å². The second-order valence-electron chi connectivity index (χ2n) is 7.13. The number of hydrogen-bond donors (Lipinski definition) is 0. The maximum Gasteiger partial charge on any atom is 0.259 e. The molecule has 0 N–H and O–H groups in total. The molecule has 3 aromatic rings. The summed E-state index contributed by atoms with van der Waals surface area (Å²) < 4.78 is 28.5. The Morgan fingerprint density at radius 3 is 2.46 bits per heavy atom. The van der Waals surface area contributed by atoms with Gasteiger partial charge in [0.1, 0.15) is 5.65 Å². The highest BCUT2D eigenvalue weighted by molar-refractivity contribution is 7.88. The number of piperidine rings is 1. The minimum Gasteiger partial charge on any atom is -0.295 e. The van der Waals surface area contributed by atoms with E-state index < -0.39 is 10.0 Å². The van der Waals surface area contributed by atoms with E-state index >= 15 is 0 Å². The van der Waals surface area contributed by atoms with Gasteiger partial charge in [-0.1, -0.05) is 17.7 Å². The number of aryl methyl sites for hydroxylation is 2. The van der Waals surface area contributed by atoms with Crippen molar-refractivity contribution in [2.75, 3.05) is 19.3 Å². The predicted octanol–water partition coefficient (Wildman–Crippen LogP) is 1.79. The first-order valence-corrected chi connectivity index (χ1v) is 10.5. The second-order valence-corrected chi connectivity index (χ2v) is 9.12. The molecule has 1 aliphatic rings. The van der Waals surface area contributed by atoms with Crippen molar-refractivity contribution in [1.29, 1.82) is 0 Å². The van der Waals surface area contributed by atoms with Crippen LogP contribution in [0, 0.1) is 6.92 Å². The molecule has 0 bridgehead atoms. The molecule has 1 fully saturated rings. The van der Waals surface area contributed by atoms with Gasteiger partial charge >= 0.3 is 0 Å². The van der Waals surface area contributed by atoms with E-state index in [-0.39, 0.29) is 11.6 Å². The quantitative estimate of drug-likeness (QED) is 0.685. The fourth-order valence-corrected chi connectivity index (χ4v) is 4.79. The second kappa shape index (κ2) is 5.92. The van der Waals surface area contributed by atoms with Gasteiger partial charge < -0.3 is 0 Å². The Morgan fingerprint density at radius 1 is 1.12 bits per heavy atom. The van der Waals surface area contributed by atoms with Crippen LogP contribution >= 0.6 is 0 Å². The molecule has 1 aromatic carbocycles. The largest absolute Gasteiger partial charge is 0.295 e. The number of fused-ring (bicyclic) bond motifs is 3. The van der Waals surface area contributed by atoms with E-state index in [1.54, 1.807) is 11.6 Å². The van der Waals surface area contributed by atoms with E-state index in [9.17, 15) is 13.2 Å². The number of sulfonamides is 1. The van der Waals surface area contributed by atoms with Crippen LogP contribution in [0.2, 0.25) is 0 Å². The number of benzene rings is 1. The minimum absolute atomic E-state index is 0.0356. The summed E-state index contributed by atoms with van der Waals surface area (Å²) in [4.78, 5) is 12.8.